The Morgan fingerprint density at radius 1 is 0.621 bits per heavy atom. The van der Waals surface area contributed by atoms with Gasteiger partial charge in [-0.1, -0.05) is 172 Å². The molecule has 11 rings (SSSR count). The van der Waals surface area contributed by atoms with Crippen LogP contribution in [0.2, 0.25) is 0 Å². The number of aliphatic imine (C=N–C) groups is 1. The molecule has 3 aliphatic rings. The summed E-state index contributed by atoms with van der Waals surface area (Å²) >= 11 is 1.91. The Bertz CT molecular complexity index is 2980. The highest BCUT2D eigenvalue weighted by atomic mass is 32.1. The van der Waals surface area contributed by atoms with Crippen LogP contribution < -0.4 is 5.32 Å². The summed E-state index contributed by atoms with van der Waals surface area (Å²) in [5.41, 5.74) is 14.4. The number of nitrogens with one attached hydrogen (secondary N) is 1. The molecule has 0 spiro atoms. The second-order valence-electron chi connectivity index (χ2n) is 17.0. The molecule has 2 unspecified atom stereocenters. The molecule has 0 bridgehead atoms. The van der Waals surface area contributed by atoms with E-state index in [0.29, 0.717) is 5.92 Å². The van der Waals surface area contributed by atoms with Crippen molar-refractivity contribution in [3.63, 3.8) is 0 Å². The third-order valence-corrected chi connectivity index (χ3v) is 14.3. The van der Waals surface area contributed by atoms with Crippen molar-refractivity contribution in [2.45, 2.75) is 51.0 Å². The number of allylic oxidation sites excluding steroid dienone is 1. The first-order valence-electron chi connectivity index (χ1n) is 20.5. The highest BCUT2D eigenvalue weighted by molar-refractivity contribution is 7.16. The lowest BCUT2D eigenvalue weighted by molar-refractivity contribution is 0.592. The van der Waals surface area contributed by atoms with Gasteiger partial charge in [-0.2, -0.15) is 0 Å². The normalized spacial score (nSPS) is 18.9. The van der Waals surface area contributed by atoms with E-state index in [0.717, 1.165) is 29.1 Å². The first-order chi connectivity index (χ1) is 28.3. The van der Waals surface area contributed by atoms with Crippen LogP contribution in [0.5, 0.6) is 0 Å². The van der Waals surface area contributed by atoms with Crippen LogP contribution in [0.15, 0.2) is 169 Å². The lowest BCUT2D eigenvalue weighted by Gasteiger charge is -2.33. The SMILES string of the molecule is CC1CC=Cc2c1c1ccccc1c1cc(-c3ccc4c(c3)C(C)(C)c3c(C5(C)C=C(c6ccccc6)NC(c6ccccc6)=N5)sc(-c5ccccc5)c3-4)ccc21. The predicted octanol–water partition coefficient (Wildman–Crippen LogP) is 14.5. The van der Waals surface area contributed by atoms with Gasteiger partial charge in [-0.3, -0.25) is 4.99 Å². The summed E-state index contributed by atoms with van der Waals surface area (Å²) in [5, 5.41) is 9.13. The van der Waals surface area contributed by atoms with E-state index in [1.54, 1.807) is 0 Å². The average molecular weight is 765 g/mol. The Morgan fingerprint density at radius 3 is 2.00 bits per heavy atom. The van der Waals surface area contributed by atoms with Gasteiger partial charge < -0.3 is 5.32 Å². The van der Waals surface area contributed by atoms with Crippen LogP contribution in [-0.2, 0) is 11.0 Å². The van der Waals surface area contributed by atoms with Crippen LogP contribution in [-0.4, -0.2) is 5.84 Å². The fraction of sp³-hybridized carbons (Fsp3) is 0.145. The number of rotatable bonds is 5. The molecule has 0 radical (unpaired) electrons. The van der Waals surface area contributed by atoms with Crippen LogP contribution in [0.4, 0.5) is 0 Å². The second kappa shape index (κ2) is 13.1. The zero-order valence-corrected chi connectivity index (χ0v) is 34.1. The molecule has 2 atom stereocenters. The van der Waals surface area contributed by atoms with E-state index < -0.39 is 5.54 Å². The molecule has 2 aliphatic carbocycles. The van der Waals surface area contributed by atoms with Crippen LogP contribution in [0, 0.1) is 0 Å². The van der Waals surface area contributed by atoms with E-state index in [1.807, 2.05) is 11.3 Å². The molecule has 2 nitrogen and oxygen atoms in total. The van der Waals surface area contributed by atoms with Crippen molar-refractivity contribution in [2.24, 2.45) is 4.99 Å². The van der Waals surface area contributed by atoms with Crippen molar-refractivity contribution in [3.8, 4) is 32.7 Å². The number of benzene rings is 7. The summed E-state index contributed by atoms with van der Waals surface area (Å²) in [6.07, 6.45) is 8.15. The number of fused-ring (bicyclic) bond motifs is 9. The largest absolute Gasteiger partial charge is 0.340 e. The second-order valence-corrected chi connectivity index (χ2v) is 18.0. The van der Waals surface area contributed by atoms with E-state index in [9.17, 15) is 0 Å². The standard InChI is InChI=1S/C55H44N2S/c1-34-17-16-26-43-41-29-27-38(31-45(41)40-24-14-15-25-42(40)48(34)43)39-28-30-44-46(32-39)54(2,3)50-49(44)51(36-20-10-6-11-21-36)58-52(50)55(4)33-47(35-18-8-5-9-19-35)56-53(57-55)37-22-12-7-13-23-37/h5-16,18-34H,17H2,1-4H3,(H,56,57). The number of hydrogen-bond donors (Lipinski definition) is 1. The molecular weight excluding hydrogens is 721 g/mol. The number of nitrogens with zero attached hydrogens (tertiary/aromatic N) is 1. The van der Waals surface area contributed by atoms with Gasteiger partial charge in [-0.15, -0.1) is 11.3 Å². The van der Waals surface area contributed by atoms with Crippen molar-refractivity contribution >= 4 is 50.5 Å². The first kappa shape index (κ1) is 34.9. The monoisotopic (exact) mass is 764 g/mol. The molecule has 0 fully saturated rings. The molecule has 58 heavy (non-hydrogen) atoms. The van der Waals surface area contributed by atoms with E-state index in [4.69, 9.17) is 4.99 Å². The molecule has 7 aromatic carbocycles. The van der Waals surface area contributed by atoms with Crippen LogP contribution >= 0.6 is 11.3 Å². The van der Waals surface area contributed by atoms with Crippen LogP contribution in [0.25, 0.3) is 66.0 Å². The van der Waals surface area contributed by atoms with Gasteiger partial charge in [0.05, 0.1) is 0 Å². The predicted molar refractivity (Wildman–Crippen MR) is 248 cm³/mol. The lowest BCUT2D eigenvalue weighted by atomic mass is 9.78. The lowest BCUT2D eigenvalue weighted by Crippen LogP contribution is -2.35. The molecule has 1 aromatic heterocycles. The zero-order chi connectivity index (χ0) is 39.2. The maximum absolute atomic E-state index is 5.63. The topological polar surface area (TPSA) is 24.4 Å². The van der Waals surface area contributed by atoms with Crippen molar-refractivity contribution < 1.29 is 0 Å². The van der Waals surface area contributed by atoms with E-state index in [1.165, 1.54) is 81.4 Å². The summed E-state index contributed by atoms with van der Waals surface area (Å²) in [5.74, 6) is 1.39. The summed E-state index contributed by atoms with van der Waals surface area (Å²) in [4.78, 5) is 8.23. The van der Waals surface area contributed by atoms with Gasteiger partial charge in [-0.25, -0.2) is 0 Å². The van der Waals surface area contributed by atoms with E-state index in [-0.39, 0.29) is 5.41 Å². The molecule has 280 valence electrons. The van der Waals surface area contributed by atoms with Crippen LogP contribution in [0.1, 0.15) is 78.3 Å². The first-order valence-corrected chi connectivity index (χ1v) is 21.3. The van der Waals surface area contributed by atoms with Gasteiger partial charge in [-0.05, 0) is 109 Å². The minimum atomic E-state index is -0.629. The average Bonchev–Trinajstić information content (AvgIpc) is 3.79. The van der Waals surface area contributed by atoms with Gasteiger partial charge in [0.25, 0.3) is 0 Å². The molecular formula is C55H44N2S. The van der Waals surface area contributed by atoms with E-state index >= 15 is 0 Å². The third kappa shape index (κ3) is 5.33. The minimum absolute atomic E-state index is 0.278. The number of hydrogen-bond acceptors (Lipinski definition) is 3. The quantitative estimate of drug-likeness (QED) is 0.173. The van der Waals surface area contributed by atoms with Gasteiger partial charge >= 0.3 is 0 Å². The number of amidine groups is 1. The van der Waals surface area contributed by atoms with Crippen molar-refractivity contribution in [1.82, 2.24) is 5.32 Å². The fourth-order valence-corrected chi connectivity index (χ4v) is 11.6. The van der Waals surface area contributed by atoms with Crippen molar-refractivity contribution in [1.29, 1.82) is 0 Å². The Hall–Kier alpha value is -6.29. The summed E-state index contributed by atoms with van der Waals surface area (Å²) in [6, 6.07) is 55.6. The van der Waals surface area contributed by atoms with Gasteiger partial charge in [0, 0.05) is 32.0 Å². The summed E-state index contributed by atoms with van der Waals surface area (Å²) in [7, 11) is 0. The van der Waals surface area contributed by atoms with Crippen molar-refractivity contribution in [3.05, 3.63) is 202 Å². The molecule has 3 heteroatoms. The smallest absolute Gasteiger partial charge is 0.134 e. The Morgan fingerprint density at radius 2 is 1.26 bits per heavy atom. The van der Waals surface area contributed by atoms with Gasteiger partial charge in [0.15, 0.2) is 0 Å². The number of thiophene rings is 1. The van der Waals surface area contributed by atoms with Gasteiger partial charge in [0.1, 0.15) is 11.4 Å². The summed E-state index contributed by atoms with van der Waals surface area (Å²) < 4.78 is 0. The zero-order valence-electron chi connectivity index (χ0n) is 33.3. The maximum atomic E-state index is 5.63. The third-order valence-electron chi connectivity index (χ3n) is 12.9. The highest BCUT2D eigenvalue weighted by Gasteiger charge is 2.46. The van der Waals surface area contributed by atoms with Gasteiger partial charge in [0.2, 0.25) is 0 Å². The van der Waals surface area contributed by atoms with Crippen molar-refractivity contribution in [2.75, 3.05) is 0 Å². The molecule has 1 N–H and O–H groups in total. The minimum Gasteiger partial charge on any atom is -0.340 e. The molecule has 0 amide bonds. The Labute approximate surface area is 345 Å². The molecule has 1 aliphatic heterocycles. The Balaban J connectivity index is 1.11. The molecule has 0 saturated heterocycles. The Kier molecular flexibility index (Phi) is 7.90. The summed E-state index contributed by atoms with van der Waals surface area (Å²) in [6.45, 7) is 9.52. The maximum Gasteiger partial charge on any atom is 0.134 e. The molecule has 2 heterocycles. The molecule has 0 saturated carbocycles. The highest BCUT2D eigenvalue weighted by Crippen LogP contribution is 2.60. The van der Waals surface area contributed by atoms with E-state index in [2.05, 4.69) is 203 Å². The van der Waals surface area contributed by atoms with Crippen LogP contribution in [0.3, 0.4) is 0 Å². The fourth-order valence-electron chi connectivity index (χ4n) is 10.0. The molecule has 8 aromatic rings.